The van der Waals surface area contributed by atoms with Crippen molar-refractivity contribution in [2.75, 3.05) is 26.7 Å². The van der Waals surface area contributed by atoms with Gasteiger partial charge in [-0.05, 0) is 55.0 Å². The minimum atomic E-state index is -0.595. The summed E-state index contributed by atoms with van der Waals surface area (Å²) in [6.07, 6.45) is 2.15. The molecule has 1 aromatic heterocycles. The standard InChI is InChI=1S/C22H26F2N4/c1-21(2)14-7-8-22(21,18-12-28(3)10-9-25-18)20-13(14)11-17(26-27-20)19-15(23)5-4-6-16(19)24/h4-6,11,14,18,25H,7-10,12H2,1-3H3/t14-,18-,22?/m0/s1. The fourth-order valence-corrected chi connectivity index (χ4v) is 6.23. The molecule has 2 aromatic rings. The normalized spacial score (nSPS) is 31.2. The van der Waals surface area contributed by atoms with Crippen molar-refractivity contribution < 1.29 is 8.78 Å². The van der Waals surface area contributed by atoms with E-state index in [0.29, 0.717) is 17.7 Å². The molecule has 1 aromatic carbocycles. The maximum Gasteiger partial charge on any atom is 0.135 e. The molecule has 2 bridgehead atoms. The van der Waals surface area contributed by atoms with Crippen LogP contribution < -0.4 is 5.32 Å². The van der Waals surface area contributed by atoms with Gasteiger partial charge in [0.05, 0.1) is 17.0 Å². The Hall–Kier alpha value is -1.92. The van der Waals surface area contributed by atoms with E-state index in [0.717, 1.165) is 43.7 Å². The van der Waals surface area contributed by atoms with Crippen molar-refractivity contribution in [3.05, 3.63) is 47.2 Å². The monoisotopic (exact) mass is 384 g/mol. The highest BCUT2D eigenvalue weighted by molar-refractivity contribution is 5.63. The number of hydrogen-bond acceptors (Lipinski definition) is 4. The molecule has 1 saturated heterocycles. The van der Waals surface area contributed by atoms with E-state index in [1.54, 1.807) is 0 Å². The first-order valence-electron chi connectivity index (χ1n) is 10.1. The SMILES string of the molecule is CN1CCN[C@H](C23CC[C@@H](c4cc(-c5c(F)cccc5F)nnc42)C3(C)C)C1. The Morgan fingerprint density at radius 3 is 2.64 bits per heavy atom. The van der Waals surface area contributed by atoms with Crippen LogP contribution in [0.15, 0.2) is 24.3 Å². The van der Waals surface area contributed by atoms with Gasteiger partial charge in [-0.2, -0.15) is 10.2 Å². The third-order valence-electron chi connectivity index (χ3n) is 7.66. The number of benzene rings is 1. The molecule has 5 rings (SSSR count). The van der Waals surface area contributed by atoms with Gasteiger partial charge in [0.15, 0.2) is 0 Å². The third kappa shape index (κ3) is 2.22. The van der Waals surface area contributed by atoms with E-state index in [2.05, 4.69) is 41.3 Å². The van der Waals surface area contributed by atoms with Gasteiger partial charge in [-0.15, -0.1) is 0 Å². The van der Waals surface area contributed by atoms with E-state index >= 15 is 0 Å². The number of nitrogens with zero attached hydrogens (tertiary/aromatic N) is 3. The summed E-state index contributed by atoms with van der Waals surface area (Å²) in [4.78, 5) is 2.37. The van der Waals surface area contributed by atoms with Crippen LogP contribution >= 0.6 is 0 Å². The van der Waals surface area contributed by atoms with Gasteiger partial charge in [-0.25, -0.2) is 8.78 Å². The summed E-state index contributed by atoms with van der Waals surface area (Å²) in [6.45, 7) is 7.63. The maximum atomic E-state index is 14.3. The van der Waals surface area contributed by atoms with Crippen molar-refractivity contribution in [2.24, 2.45) is 5.41 Å². The smallest absolute Gasteiger partial charge is 0.135 e. The molecule has 6 heteroatoms. The third-order valence-corrected chi connectivity index (χ3v) is 7.66. The highest BCUT2D eigenvalue weighted by Gasteiger charge is 2.66. The summed E-state index contributed by atoms with van der Waals surface area (Å²) >= 11 is 0. The zero-order chi connectivity index (χ0) is 19.7. The molecule has 4 nitrogen and oxygen atoms in total. The molecular formula is C22H26F2N4. The molecule has 1 unspecified atom stereocenters. The molecule has 2 aliphatic carbocycles. The minimum Gasteiger partial charge on any atom is -0.310 e. The van der Waals surface area contributed by atoms with Crippen molar-refractivity contribution >= 4 is 0 Å². The minimum absolute atomic E-state index is 0.0201. The number of halogens is 2. The lowest BCUT2D eigenvalue weighted by Crippen LogP contribution is -2.61. The van der Waals surface area contributed by atoms with Crippen LogP contribution in [0, 0.1) is 17.0 Å². The zero-order valence-corrected chi connectivity index (χ0v) is 16.6. The lowest BCUT2D eigenvalue weighted by atomic mass is 9.63. The molecule has 3 aliphatic rings. The van der Waals surface area contributed by atoms with Crippen LogP contribution in [0.4, 0.5) is 8.78 Å². The van der Waals surface area contributed by atoms with Crippen LogP contribution in [0.1, 0.15) is 43.9 Å². The largest absolute Gasteiger partial charge is 0.310 e. The molecule has 0 radical (unpaired) electrons. The number of nitrogens with one attached hydrogen (secondary N) is 1. The van der Waals surface area contributed by atoms with Crippen molar-refractivity contribution in [3.8, 4) is 11.3 Å². The molecule has 3 atom stereocenters. The first kappa shape index (κ1) is 18.1. The molecule has 28 heavy (non-hydrogen) atoms. The Morgan fingerprint density at radius 2 is 1.93 bits per heavy atom. The van der Waals surface area contributed by atoms with Crippen LogP contribution in [-0.2, 0) is 5.41 Å². The van der Waals surface area contributed by atoms with E-state index in [-0.39, 0.29) is 16.4 Å². The molecule has 2 heterocycles. The predicted octanol–water partition coefficient (Wildman–Crippen LogP) is 3.48. The van der Waals surface area contributed by atoms with Crippen LogP contribution in [0.5, 0.6) is 0 Å². The maximum absolute atomic E-state index is 14.3. The van der Waals surface area contributed by atoms with Gasteiger partial charge in [-0.1, -0.05) is 19.9 Å². The molecular weight excluding hydrogens is 358 g/mol. The van der Waals surface area contributed by atoms with Gasteiger partial charge >= 0.3 is 0 Å². The molecule has 148 valence electrons. The number of hydrogen-bond donors (Lipinski definition) is 1. The highest BCUT2D eigenvalue weighted by atomic mass is 19.1. The molecule has 0 amide bonds. The van der Waals surface area contributed by atoms with Crippen molar-refractivity contribution in [1.82, 2.24) is 20.4 Å². The van der Waals surface area contributed by atoms with E-state index in [1.165, 1.54) is 18.2 Å². The molecule has 1 N–H and O–H groups in total. The highest BCUT2D eigenvalue weighted by Crippen LogP contribution is 2.68. The van der Waals surface area contributed by atoms with E-state index < -0.39 is 11.6 Å². The van der Waals surface area contributed by atoms with E-state index in [4.69, 9.17) is 0 Å². The number of piperazine rings is 1. The number of likely N-dealkylation sites (N-methyl/N-ethyl adjacent to an activating group) is 1. The van der Waals surface area contributed by atoms with E-state index in [9.17, 15) is 8.78 Å². The second-order valence-corrected chi connectivity index (χ2v) is 9.18. The number of rotatable bonds is 2. The summed E-state index contributed by atoms with van der Waals surface area (Å²) in [5, 5.41) is 12.7. The average molecular weight is 384 g/mol. The fourth-order valence-electron chi connectivity index (χ4n) is 6.23. The summed E-state index contributed by atoms with van der Waals surface area (Å²) < 4.78 is 28.6. The Balaban J connectivity index is 1.65. The average Bonchev–Trinajstić information content (AvgIpc) is 3.03. The molecule has 2 fully saturated rings. The molecule has 1 aliphatic heterocycles. The topological polar surface area (TPSA) is 41.0 Å². The van der Waals surface area contributed by atoms with Crippen molar-refractivity contribution in [2.45, 2.75) is 44.1 Å². The van der Waals surface area contributed by atoms with Gasteiger partial charge < -0.3 is 10.2 Å². The van der Waals surface area contributed by atoms with Gasteiger partial charge in [0.2, 0.25) is 0 Å². The van der Waals surface area contributed by atoms with Gasteiger partial charge in [0, 0.05) is 31.1 Å². The van der Waals surface area contributed by atoms with Crippen molar-refractivity contribution in [3.63, 3.8) is 0 Å². The predicted molar refractivity (Wildman–Crippen MR) is 104 cm³/mol. The summed E-state index contributed by atoms with van der Waals surface area (Å²) in [6, 6.07) is 6.11. The van der Waals surface area contributed by atoms with Gasteiger partial charge in [0.1, 0.15) is 11.6 Å². The first-order valence-corrected chi connectivity index (χ1v) is 10.1. The lowest BCUT2D eigenvalue weighted by molar-refractivity contribution is 0.0989. The molecule has 0 spiro atoms. The van der Waals surface area contributed by atoms with E-state index in [1.807, 2.05) is 6.07 Å². The number of aromatic nitrogens is 2. The lowest BCUT2D eigenvalue weighted by Gasteiger charge is -2.48. The first-order chi connectivity index (χ1) is 13.4. The van der Waals surface area contributed by atoms with Crippen LogP contribution in [0.3, 0.4) is 0 Å². The summed E-state index contributed by atoms with van der Waals surface area (Å²) in [5.41, 5.74) is 2.29. The van der Waals surface area contributed by atoms with Crippen LogP contribution in [0.25, 0.3) is 11.3 Å². The summed E-state index contributed by atoms with van der Waals surface area (Å²) in [7, 11) is 2.16. The fraction of sp³-hybridized carbons (Fsp3) is 0.545. The second-order valence-electron chi connectivity index (χ2n) is 9.18. The Kier molecular flexibility index (Phi) is 3.91. The second kappa shape index (κ2) is 6.04. The van der Waals surface area contributed by atoms with Crippen LogP contribution in [0.2, 0.25) is 0 Å². The Morgan fingerprint density at radius 1 is 1.18 bits per heavy atom. The molecule has 1 saturated carbocycles. The zero-order valence-electron chi connectivity index (χ0n) is 16.6. The van der Waals surface area contributed by atoms with Crippen LogP contribution in [-0.4, -0.2) is 47.8 Å². The Bertz CT molecular complexity index is 924. The number of fused-ring (bicyclic) bond motifs is 5. The van der Waals surface area contributed by atoms with Gasteiger partial charge in [0.25, 0.3) is 0 Å². The quantitative estimate of drug-likeness (QED) is 0.861. The Labute approximate surface area is 164 Å². The van der Waals surface area contributed by atoms with Crippen molar-refractivity contribution in [1.29, 1.82) is 0 Å². The summed E-state index contributed by atoms with van der Waals surface area (Å²) in [5.74, 6) is -0.857. The van der Waals surface area contributed by atoms with Gasteiger partial charge in [-0.3, -0.25) is 0 Å².